The number of nitrogens with zero attached hydrogens (tertiary/aromatic N) is 1. The van der Waals surface area contributed by atoms with Crippen LogP contribution in [-0.2, 0) is 16.2 Å². The molecule has 9 heteroatoms. The van der Waals surface area contributed by atoms with Gasteiger partial charge in [0.2, 0.25) is 5.88 Å². The van der Waals surface area contributed by atoms with Gasteiger partial charge in [0.1, 0.15) is 5.75 Å². The molecule has 1 heterocycles. The maximum Gasteiger partial charge on any atom is 0.324 e. The summed E-state index contributed by atoms with van der Waals surface area (Å²) in [6, 6.07) is 15.2. The molecule has 0 aliphatic rings. The van der Waals surface area contributed by atoms with Gasteiger partial charge in [-0.25, -0.2) is 4.98 Å². The molecule has 0 radical (unpaired) electrons. The van der Waals surface area contributed by atoms with E-state index in [0.717, 1.165) is 12.0 Å². The summed E-state index contributed by atoms with van der Waals surface area (Å²) in [5, 5.41) is 3.42. The molecule has 0 fully saturated rings. The van der Waals surface area contributed by atoms with Crippen LogP contribution in [-0.4, -0.2) is 16.9 Å². The number of carbonyl (C=O) groups is 2. The first-order valence-electron chi connectivity index (χ1n) is 9.86. The molecule has 2 N–H and O–H groups in total. The van der Waals surface area contributed by atoms with Gasteiger partial charge in [-0.1, -0.05) is 42.3 Å². The molecular weight excluding hydrogens is 453 g/mol. The normalized spacial score (nSPS) is 10.5. The van der Waals surface area contributed by atoms with Crippen molar-refractivity contribution in [1.29, 1.82) is 0 Å². The Hall–Kier alpha value is -3.13. The Morgan fingerprint density at radius 1 is 1.00 bits per heavy atom. The fraction of sp³-hybridized carbons (Fsp3) is 0.174. The molecular formula is C23H21Cl2N3O4. The summed E-state index contributed by atoms with van der Waals surface area (Å²) in [5.74, 6) is 0.354. The van der Waals surface area contributed by atoms with E-state index in [1.807, 2.05) is 19.1 Å². The van der Waals surface area contributed by atoms with Gasteiger partial charge in [0, 0.05) is 18.1 Å². The highest BCUT2D eigenvalue weighted by Crippen LogP contribution is 2.24. The van der Waals surface area contributed by atoms with Gasteiger partial charge in [-0.15, -0.1) is 5.48 Å². The number of carbonyl (C=O) groups excluding carboxylic acids is 2. The van der Waals surface area contributed by atoms with Crippen LogP contribution >= 0.6 is 23.2 Å². The van der Waals surface area contributed by atoms with E-state index in [-0.39, 0.29) is 11.9 Å². The predicted octanol–water partition coefficient (Wildman–Crippen LogP) is 5.78. The van der Waals surface area contributed by atoms with Crippen molar-refractivity contribution in [2.24, 2.45) is 0 Å². The number of pyridine rings is 1. The third-order valence-corrected chi connectivity index (χ3v) is 4.98. The second-order valence-electron chi connectivity index (χ2n) is 6.76. The van der Waals surface area contributed by atoms with E-state index in [1.165, 1.54) is 12.3 Å². The smallest absolute Gasteiger partial charge is 0.324 e. The van der Waals surface area contributed by atoms with Crippen LogP contribution in [0.5, 0.6) is 11.6 Å². The van der Waals surface area contributed by atoms with E-state index in [0.29, 0.717) is 45.9 Å². The maximum absolute atomic E-state index is 12.3. The molecule has 3 rings (SSSR count). The summed E-state index contributed by atoms with van der Waals surface area (Å²) in [5.41, 5.74) is 4.46. The summed E-state index contributed by atoms with van der Waals surface area (Å²) < 4.78 is 5.72. The van der Waals surface area contributed by atoms with Crippen LogP contribution in [0.2, 0.25) is 10.0 Å². The molecule has 32 heavy (non-hydrogen) atoms. The Labute approximate surface area is 195 Å². The van der Waals surface area contributed by atoms with Crippen molar-refractivity contribution in [2.45, 2.75) is 26.3 Å². The average Bonchev–Trinajstić information content (AvgIpc) is 2.78. The standard InChI is InChI=1S/C23H21Cl2N3O4/c1-2-3-22(29)32-27-13-15-4-8-18(9-5-15)31-21-11-7-17(14-26-21)28-23(30)16-6-10-19(24)20(25)12-16/h4-12,14,27H,2-3,13H2,1H3,(H,28,30). The molecule has 0 spiro atoms. The van der Waals surface area contributed by atoms with Gasteiger partial charge < -0.3 is 14.9 Å². The fourth-order valence-corrected chi connectivity index (χ4v) is 2.90. The first-order chi connectivity index (χ1) is 15.4. The van der Waals surface area contributed by atoms with Crippen molar-refractivity contribution in [3.8, 4) is 11.6 Å². The number of amides is 1. The van der Waals surface area contributed by atoms with E-state index in [2.05, 4.69) is 15.8 Å². The molecule has 0 saturated heterocycles. The molecule has 1 amide bonds. The van der Waals surface area contributed by atoms with Gasteiger partial charge in [0.25, 0.3) is 5.91 Å². The number of nitrogens with one attached hydrogen (secondary N) is 2. The van der Waals surface area contributed by atoms with E-state index in [4.69, 9.17) is 32.8 Å². The van der Waals surface area contributed by atoms with Gasteiger partial charge in [-0.2, -0.15) is 0 Å². The Morgan fingerprint density at radius 3 is 2.44 bits per heavy atom. The van der Waals surface area contributed by atoms with E-state index in [1.54, 1.807) is 36.4 Å². The third-order valence-electron chi connectivity index (χ3n) is 4.24. The van der Waals surface area contributed by atoms with Crippen molar-refractivity contribution in [2.75, 3.05) is 5.32 Å². The largest absolute Gasteiger partial charge is 0.439 e. The number of hydroxylamine groups is 1. The summed E-state index contributed by atoms with van der Waals surface area (Å²) in [7, 11) is 0. The highest BCUT2D eigenvalue weighted by molar-refractivity contribution is 6.42. The molecule has 0 aliphatic carbocycles. The van der Waals surface area contributed by atoms with Gasteiger partial charge >= 0.3 is 5.97 Å². The van der Waals surface area contributed by atoms with Crippen molar-refractivity contribution >= 4 is 40.8 Å². The quantitative estimate of drug-likeness (QED) is 0.382. The van der Waals surface area contributed by atoms with Gasteiger partial charge in [-0.05, 0) is 48.4 Å². The van der Waals surface area contributed by atoms with Gasteiger partial charge in [0.15, 0.2) is 0 Å². The Kier molecular flexibility index (Phi) is 8.44. The summed E-state index contributed by atoms with van der Waals surface area (Å²) in [6.07, 6.45) is 2.61. The van der Waals surface area contributed by atoms with Crippen molar-refractivity contribution < 1.29 is 19.2 Å². The van der Waals surface area contributed by atoms with E-state index >= 15 is 0 Å². The number of hydrogen-bond acceptors (Lipinski definition) is 6. The lowest BCUT2D eigenvalue weighted by atomic mass is 10.2. The average molecular weight is 474 g/mol. The highest BCUT2D eigenvalue weighted by atomic mass is 35.5. The first-order valence-corrected chi connectivity index (χ1v) is 10.6. The van der Waals surface area contributed by atoms with Gasteiger partial charge in [-0.3, -0.25) is 9.59 Å². The zero-order chi connectivity index (χ0) is 22.9. The van der Waals surface area contributed by atoms with Crippen molar-refractivity contribution in [3.05, 3.63) is 82.0 Å². The SMILES string of the molecule is CCCC(=O)ONCc1ccc(Oc2ccc(NC(=O)c3ccc(Cl)c(Cl)c3)cn2)cc1. The summed E-state index contributed by atoms with van der Waals surface area (Å²) >= 11 is 11.8. The van der Waals surface area contributed by atoms with Crippen molar-refractivity contribution in [3.63, 3.8) is 0 Å². The van der Waals surface area contributed by atoms with Crippen LogP contribution in [0.25, 0.3) is 0 Å². The zero-order valence-corrected chi connectivity index (χ0v) is 18.7. The van der Waals surface area contributed by atoms with E-state index in [9.17, 15) is 9.59 Å². The predicted molar refractivity (Wildman–Crippen MR) is 123 cm³/mol. The number of rotatable bonds is 9. The fourth-order valence-electron chi connectivity index (χ4n) is 2.61. The number of aromatic nitrogens is 1. The molecule has 1 aromatic heterocycles. The number of hydrogen-bond donors (Lipinski definition) is 2. The number of anilines is 1. The molecule has 2 aromatic carbocycles. The van der Waals surface area contributed by atoms with Crippen LogP contribution in [0.4, 0.5) is 5.69 Å². The lowest BCUT2D eigenvalue weighted by molar-refractivity contribution is -0.151. The van der Waals surface area contributed by atoms with Crippen LogP contribution in [0, 0.1) is 0 Å². The molecule has 0 atom stereocenters. The Balaban J connectivity index is 1.51. The second-order valence-corrected chi connectivity index (χ2v) is 7.57. The van der Waals surface area contributed by atoms with Gasteiger partial charge in [0.05, 0.1) is 28.5 Å². The molecule has 0 unspecified atom stereocenters. The third kappa shape index (κ3) is 6.95. The molecule has 0 aliphatic heterocycles. The molecule has 0 saturated carbocycles. The lowest BCUT2D eigenvalue weighted by Crippen LogP contribution is -2.19. The molecule has 7 nitrogen and oxygen atoms in total. The zero-order valence-electron chi connectivity index (χ0n) is 17.2. The van der Waals surface area contributed by atoms with Crippen molar-refractivity contribution in [1.82, 2.24) is 10.5 Å². The summed E-state index contributed by atoms with van der Waals surface area (Å²) in [6.45, 7) is 2.30. The van der Waals surface area contributed by atoms with Crippen LogP contribution in [0.15, 0.2) is 60.8 Å². The molecule has 0 bridgehead atoms. The summed E-state index contributed by atoms with van der Waals surface area (Å²) in [4.78, 5) is 32.8. The maximum atomic E-state index is 12.3. The Bertz CT molecular complexity index is 1070. The number of halogens is 2. The highest BCUT2D eigenvalue weighted by Gasteiger charge is 2.09. The second kappa shape index (κ2) is 11.5. The first kappa shape index (κ1) is 23.5. The van der Waals surface area contributed by atoms with Crippen LogP contribution < -0.4 is 15.5 Å². The Morgan fingerprint density at radius 2 is 1.78 bits per heavy atom. The minimum Gasteiger partial charge on any atom is -0.439 e. The van der Waals surface area contributed by atoms with Crippen LogP contribution in [0.1, 0.15) is 35.7 Å². The lowest BCUT2D eigenvalue weighted by Gasteiger charge is -2.09. The topological polar surface area (TPSA) is 89.5 Å². The van der Waals surface area contributed by atoms with E-state index < -0.39 is 0 Å². The minimum absolute atomic E-state index is 0.282. The number of ether oxygens (including phenoxy) is 1. The minimum atomic E-state index is -0.330. The van der Waals surface area contributed by atoms with Crippen LogP contribution in [0.3, 0.4) is 0 Å². The molecule has 166 valence electrons. The molecule has 3 aromatic rings. The number of benzene rings is 2. The monoisotopic (exact) mass is 473 g/mol.